The lowest BCUT2D eigenvalue weighted by Crippen LogP contribution is -2.26. The zero-order valence-electron chi connectivity index (χ0n) is 16.3. The quantitative estimate of drug-likeness (QED) is 0.530. The summed E-state index contributed by atoms with van der Waals surface area (Å²) < 4.78 is 0. The van der Waals surface area contributed by atoms with Crippen LogP contribution in [0.2, 0.25) is 0 Å². The van der Waals surface area contributed by atoms with Crippen molar-refractivity contribution in [3.8, 4) is 0 Å². The number of imidazole rings is 1. The predicted octanol–water partition coefficient (Wildman–Crippen LogP) is 3.36. The zero-order chi connectivity index (χ0) is 19.8. The van der Waals surface area contributed by atoms with Gasteiger partial charge in [0, 0.05) is 24.2 Å². The Kier molecular flexibility index (Phi) is 7.80. The van der Waals surface area contributed by atoms with E-state index in [4.69, 9.17) is 5.73 Å². The Hall–Kier alpha value is -2.40. The summed E-state index contributed by atoms with van der Waals surface area (Å²) in [5.74, 6) is 0.908. The van der Waals surface area contributed by atoms with Crippen LogP contribution in [0.1, 0.15) is 49.7 Å². The second-order valence-corrected chi connectivity index (χ2v) is 7.50. The molecule has 2 rings (SSSR count). The fourth-order valence-electron chi connectivity index (χ4n) is 3.32. The molecule has 0 spiro atoms. The first kappa shape index (κ1) is 20.9. The van der Waals surface area contributed by atoms with E-state index in [1.807, 2.05) is 24.3 Å². The number of carbonyl (C=O) groups excluding carboxylic acids is 1. The number of nitrogens with zero attached hydrogens (tertiary/aromatic N) is 1. The molecule has 2 aromatic rings. The number of rotatable bonds is 11. The van der Waals surface area contributed by atoms with Crippen molar-refractivity contribution in [2.24, 2.45) is 17.6 Å². The van der Waals surface area contributed by atoms with Crippen molar-refractivity contribution >= 4 is 5.91 Å². The molecule has 146 valence electrons. The summed E-state index contributed by atoms with van der Waals surface area (Å²) in [7, 11) is 0. The van der Waals surface area contributed by atoms with Crippen molar-refractivity contribution in [2.45, 2.75) is 51.6 Å². The van der Waals surface area contributed by atoms with Crippen molar-refractivity contribution in [1.82, 2.24) is 9.97 Å². The standard InChI is InChI=1S/C22H31N3O2/c1-4-17(15(2)3)13-20(26)19(12-16-8-6-5-7-9-16)22-24-14-18(25-22)10-11-21(23)27/h4-9,14-15,17,19-20,26H,1,10-13H2,2-3H3,(H2,23,27)(H,24,25)/t17-,19+,20-/m0/s1. The third kappa shape index (κ3) is 6.36. The molecule has 27 heavy (non-hydrogen) atoms. The van der Waals surface area contributed by atoms with Crippen LogP contribution in [0.3, 0.4) is 0 Å². The molecule has 0 aliphatic heterocycles. The van der Waals surface area contributed by atoms with E-state index in [-0.39, 0.29) is 24.2 Å². The molecule has 1 heterocycles. The molecular weight excluding hydrogens is 338 g/mol. The van der Waals surface area contributed by atoms with Gasteiger partial charge in [-0.25, -0.2) is 4.98 Å². The van der Waals surface area contributed by atoms with E-state index in [2.05, 4.69) is 42.5 Å². The summed E-state index contributed by atoms with van der Waals surface area (Å²) in [6, 6.07) is 10.1. The average Bonchev–Trinajstić information content (AvgIpc) is 3.11. The highest BCUT2D eigenvalue weighted by Gasteiger charge is 2.27. The van der Waals surface area contributed by atoms with Crippen molar-refractivity contribution in [1.29, 1.82) is 0 Å². The number of aromatic amines is 1. The Morgan fingerprint density at radius 2 is 2.04 bits per heavy atom. The Labute approximate surface area is 161 Å². The Bertz CT molecular complexity index is 724. The number of carbonyl (C=O) groups is 1. The average molecular weight is 370 g/mol. The first-order chi connectivity index (χ1) is 12.9. The number of hydrogen-bond donors (Lipinski definition) is 3. The van der Waals surface area contributed by atoms with Crippen molar-refractivity contribution in [3.63, 3.8) is 0 Å². The van der Waals surface area contributed by atoms with Gasteiger partial charge in [0.05, 0.1) is 6.10 Å². The summed E-state index contributed by atoms with van der Waals surface area (Å²) in [4.78, 5) is 18.8. The maximum atomic E-state index is 11.0. The molecule has 0 aliphatic carbocycles. The predicted molar refractivity (Wildman–Crippen MR) is 108 cm³/mol. The number of aryl methyl sites for hydroxylation is 1. The minimum atomic E-state index is -0.550. The molecule has 1 aromatic heterocycles. The second kappa shape index (κ2) is 10.1. The number of nitrogens with two attached hydrogens (primary N) is 1. The maximum Gasteiger partial charge on any atom is 0.217 e. The van der Waals surface area contributed by atoms with Gasteiger partial charge in [-0.2, -0.15) is 0 Å². The van der Waals surface area contributed by atoms with E-state index in [9.17, 15) is 9.90 Å². The van der Waals surface area contributed by atoms with Gasteiger partial charge < -0.3 is 15.8 Å². The number of nitrogens with one attached hydrogen (secondary N) is 1. The molecule has 1 aromatic carbocycles. The van der Waals surface area contributed by atoms with Gasteiger partial charge in [0.1, 0.15) is 5.82 Å². The smallest absolute Gasteiger partial charge is 0.217 e. The van der Waals surface area contributed by atoms with Crippen molar-refractivity contribution in [3.05, 3.63) is 66.3 Å². The fourth-order valence-corrected chi connectivity index (χ4v) is 3.32. The number of amides is 1. The summed E-state index contributed by atoms with van der Waals surface area (Å²) >= 11 is 0. The number of aliphatic hydroxyl groups is 1. The van der Waals surface area contributed by atoms with Gasteiger partial charge in [-0.05, 0) is 36.7 Å². The molecule has 4 N–H and O–H groups in total. The minimum absolute atomic E-state index is 0.157. The summed E-state index contributed by atoms with van der Waals surface area (Å²) in [5, 5.41) is 11.0. The molecule has 0 unspecified atom stereocenters. The van der Waals surface area contributed by atoms with Crippen LogP contribution >= 0.6 is 0 Å². The van der Waals surface area contributed by atoms with Gasteiger partial charge in [0.15, 0.2) is 0 Å². The fraction of sp³-hybridized carbons (Fsp3) is 0.455. The third-order valence-corrected chi connectivity index (χ3v) is 5.08. The molecule has 0 aliphatic rings. The lowest BCUT2D eigenvalue weighted by atomic mass is 9.83. The molecule has 3 atom stereocenters. The monoisotopic (exact) mass is 369 g/mol. The maximum absolute atomic E-state index is 11.0. The highest BCUT2D eigenvalue weighted by molar-refractivity contribution is 5.73. The number of allylic oxidation sites excluding steroid dienone is 1. The van der Waals surface area contributed by atoms with Crippen LogP contribution in [0.25, 0.3) is 0 Å². The number of hydrogen-bond acceptors (Lipinski definition) is 3. The molecule has 0 radical (unpaired) electrons. The topological polar surface area (TPSA) is 92.0 Å². The van der Waals surface area contributed by atoms with E-state index < -0.39 is 6.10 Å². The lowest BCUT2D eigenvalue weighted by molar-refractivity contribution is -0.118. The van der Waals surface area contributed by atoms with Crippen LogP contribution in [-0.4, -0.2) is 27.1 Å². The number of aliphatic hydroxyl groups excluding tert-OH is 1. The molecular formula is C22H31N3O2. The van der Waals surface area contributed by atoms with Gasteiger partial charge in [0.25, 0.3) is 0 Å². The van der Waals surface area contributed by atoms with Gasteiger partial charge in [-0.15, -0.1) is 6.58 Å². The summed E-state index contributed by atoms with van der Waals surface area (Å²) in [6.07, 6.45) is 5.23. The Morgan fingerprint density at radius 3 is 2.63 bits per heavy atom. The van der Waals surface area contributed by atoms with Gasteiger partial charge in [-0.1, -0.05) is 50.3 Å². The number of H-pyrrole nitrogens is 1. The van der Waals surface area contributed by atoms with E-state index in [1.54, 1.807) is 6.20 Å². The molecule has 5 heteroatoms. The molecule has 0 saturated heterocycles. The van der Waals surface area contributed by atoms with Crippen LogP contribution in [0.5, 0.6) is 0 Å². The lowest BCUT2D eigenvalue weighted by Gasteiger charge is -2.26. The summed E-state index contributed by atoms with van der Waals surface area (Å²) in [6.45, 7) is 8.20. The van der Waals surface area contributed by atoms with Crippen molar-refractivity contribution in [2.75, 3.05) is 0 Å². The van der Waals surface area contributed by atoms with Crippen LogP contribution in [0.15, 0.2) is 49.2 Å². The van der Waals surface area contributed by atoms with Gasteiger partial charge in [-0.3, -0.25) is 4.79 Å². The molecule has 0 bridgehead atoms. The van der Waals surface area contributed by atoms with Gasteiger partial charge >= 0.3 is 0 Å². The zero-order valence-corrected chi connectivity index (χ0v) is 16.3. The second-order valence-electron chi connectivity index (χ2n) is 7.50. The van der Waals surface area contributed by atoms with Crippen LogP contribution in [-0.2, 0) is 17.6 Å². The van der Waals surface area contributed by atoms with E-state index >= 15 is 0 Å². The first-order valence-electron chi connectivity index (χ1n) is 9.57. The highest BCUT2D eigenvalue weighted by atomic mass is 16.3. The normalized spacial score (nSPS) is 14.7. The minimum Gasteiger partial charge on any atom is -0.392 e. The molecule has 0 fully saturated rings. The molecule has 1 amide bonds. The van der Waals surface area contributed by atoms with E-state index in [0.717, 1.165) is 17.1 Å². The van der Waals surface area contributed by atoms with E-state index in [0.29, 0.717) is 25.2 Å². The summed E-state index contributed by atoms with van der Waals surface area (Å²) in [5.41, 5.74) is 7.24. The van der Waals surface area contributed by atoms with Crippen molar-refractivity contribution < 1.29 is 9.90 Å². The van der Waals surface area contributed by atoms with Crippen LogP contribution in [0, 0.1) is 11.8 Å². The van der Waals surface area contributed by atoms with Crippen LogP contribution in [0.4, 0.5) is 0 Å². The largest absolute Gasteiger partial charge is 0.392 e. The molecule has 5 nitrogen and oxygen atoms in total. The van der Waals surface area contributed by atoms with Crippen LogP contribution < -0.4 is 5.73 Å². The SMILES string of the molecule is C=C[C@@H](C[C@H](O)[C@@H](Cc1ccccc1)c1ncc(CCC(N)=O)[nH]1)C(C)C. The Morgan fingerprint density at radius 1 is 1.33 bits per heavy atom. The number of primary amides is 1. The van der Waals surface area contributed by atoms with Gasteiger partial charge in [0.2, 0.25) is 5.91 Å². The number of aromatic nitrogens is 2. The third-order valence-electron chi connectivity index (χ3n) is 5.08. The highest BCUT2D eigenvalue weighted by Crippen LogP contribution is 2.29. The molecule has 0 saturated carbocycles. The van der Waals surface area contributed by atoms with E-state index in [1.165, 1.54) is 0 Å². The Balaban J connectivity index is 2.21. The number of benzene rings is 1. The first-order valence-corrected chi connectivity index (χ1v) is 9.57.